The molecule has 27 heavy (non-hydrogen) atoms. The fourth-order valence-electron chi connectivity index (χ4n) is 2.08. The lowest BCUT2D eigenvalue weighted by molar-refractivity contribution is -0.137. The van der Waals surface area contributed by atoms with Crippen LogP contribution in [0.15, 0.2) is 34.0 Å². The molecule has 0 atom stereocenters. The van der Waals surface area contributed by atoms with Crippen LogP contribution in [0.3, 0.4) is 0 Å². The van der Waals surface area contributed by atoms with Crippen molar-refractivity contribution in [1.29, 1.82) is 0 Å². The molecule has 0 aliphatic rings. The van der Waals surface area contributed by atoms with Crippen molar-refractivity contribution in [1.82, 2.24) is 30.7 Å². The average Bonchev–Trinajstić information content (AvgIpc) is 3.19. The SMILES string of the molecule is Cc1nnn(-c2nonc2N)c1C(=O)N/N=C/c1ccc(C(F)(F)F)cc1. The van der Waals surface area contributed by atoms with Gasteiger partial charge in [0.2, 0.25) is 11.6 Å². The molecule has 3 N–H and O–H groups in total. The molecule has 0 bridgehead atoms. The maximum absolute atomic E-state index is 12.5. The van der Waals surface area contributed by atoms with Gasteiger partial charge in [-0.3, -0.25) is 4.79 Å². The van der Waals surface area contributed by atoms with E-state index < -0.39 is 17.6 Å². The molecule has 0 spiro atoms. The zero-order valence-electron chi connectivity index (χ0n) is 13.6. The molecule has 10 nitrogen and oxygen atoms in total. The second kappa shape index (κ2) is 6.86. The number of anilines is 1. The quantitative estimate of drug-likeness (QED) is 0.514. The predicted molar refractivity (Wildman–Crippen MR) is 84.9 cm³/mol. The van der Waals surface area contributed by atoms with E-state index in [9.17, 15) is 18.0 Å². The van der Waals surface area contributed by atoms with E-state index in [0.717, 1.165) is 16.8 Å². The Labute approximate surface area is 148 Å². The van der Waals surface area contributed by atoms with Gasteiger partial charge in [-0.15, -0.1) is 5.10 Å². The second-order valence-corrected chi connectivity index (χ2v) is 5.23. The zero-order chi connectivity index (χ0) is 19.6. The summed E-state index contributed by atoms with van der Waals surface area (Å²) in [5.41, 5.74) is 7.63. The maximum atomic E-state index is 12.5. The largest absolute Gasteiger partial charge is 0.416 e. The Hall–Kier alpha value is -3.77. The maximum Gasteiger partial charge on any atom is 0.416 e. The highest BCUT2D eigenvalue weighted by Crippen LogP contribution is 2.28. The lowest BCUT2D eigenvalue weighted by Gasteiger charge is -2.05. The van der Waals surface area contributed by atoms with Crippen molar-refractivity contribution in [2.45, 2.75) is 13.1 Å². The zero-order valence-corrected chi connectivity index (χ0v) is 13.6. The first kappa shape index (κ1) is 18.0. The minimum Gasteiger partial charge on any atom is -0.378 e. The van der Waals surface area contributed by atoms with Crippen LogP contribution < -0.4 is 11.2 Å². The van der Waals surface area contributed by atoms with Crippen LogP contribution in [0.4, 0.5) is 19.0 Å². The van der Waals surface area contributed by atoms with E-state index in [4.69, 9.17) is 5.73 Å². The van der Waals surface area contributed by atoms with E-state index in [1.54, 1.807) is 0 Å². The van der Waals surface area contributed by atoms with Gasteiger partial charge in [-0.2, -0.15) is 23.0 Å². The first-order chi connectivity index (χ1) is 12.8. The molecule has 0 saturated carbocycles. The van der Waals surface area contributed by atoms with Gasteiger partial charge >= 0.3 is 6.18 Å². The highest BCUT2D eigenvalue weighted by molar-refractivity contribution is 5.94. The third kappa shape index (κ3) is 3.75. The molecule has 0 aliphatic heterocycles. The summed E-state index contributed by atoms with van der Waals surface area (Å²) in [5.74, 6) is -0.808. The summed E-state index contributed by atoms with van der Waals surface area (Å²) < 4.78 is 43.1. The number of hydrazone groups is 1. The van der Waals surface area contributed by atoms with Gasteiger partial charge in [0.25, 0.3) is 5.91 Å². The highest BCUT2D eigenvalue weighted by atomic mass is 19.4. The number of amides is 1. The minimum absolute atomic E-state index is 0.0121. The van der Waals surface area contributed by atoms with Crippen LogP contribution in [-0.2, 0) is 6.18 Å². The van der Waals surface area contributed by atoms with Gasteiger partial charge in [-0.05, 0) is 34.9 Å². The Morgan fingerprint density at radius 2 is 2.00 bits per heavy atom. The number of nitrogen functional groups attached to an aromatic ring is 1. The van der Waals surface area contributed by atoms with Crippen molar-refractivity contribution in [3.8, 4) is 5.82 Å². The first-order valence-electron chi connectivity index (χ1n) is 7.28. The van der Waals surface area contributed by atoms with Crippen LogP contribution in [0.5, 0.6) is 0 Å². The third-order valence-corrected chi connectivity index (χ3v) is 3.37. The van der Waals surface area contributed by atoms with Gasteiger partial charge in [0, 0.05) is 0 Å². The molecule has 13 heteroatoms. The third-order valence-electron chi connectivity index (χ3n) is 3.37. The Bertz CT molecular complexity index is 991. The Kier molecular flexibility index (Phi) is 4.58. The van der Waals surface area contributed by atoms with E-state index in [1.807, 2.05) is 0 Å². The van der Waals surface area contributed by atoms with E-state index in [0.29, 0.717) is 5.56 Å². The molecule has 0 radical (unpaired) electrons. The number of nitrogens with two attached hydrogens (primary N) is 1. The summed E-state index contributed by atoms with van der Waals surface area (Å²) in [6.07, 6.45) is -3.24. The number of carbonyl (C=O) groups is 1. The number of nitrogens with zero attached hydrogens (tertiary/aromatic N) is 6. The number of halogens is 3. The normalized spacial score (nSPS) is 11.9. The summed E-state index contributed by atoms with van der Waals surface area (Å²) in [7, 11) is 0. The van der Waals surface area contributed by atoms with Crippen molar-refractivity contribution in [2.24, 2.45) is 5.10 Å². The van der Waals surface area contributed by atoms with E-state index >= 15 is 0 Å². The van der Waals surface area contributed by atoms with Crippen molar-refractivity contribution in [2.75, 3.05) is 5.73 Å². The van der Waals surface area contributed by atoms with Gasteiger partial charge < -0.3 is 5.73 Å². The summed E-state index contributed by atoms with van der Waals surface area (Å²) in [4.78, 5) is 12.3. The number of benzene rings is 1. The molecule has 3 aromatic rings. The number of hydrogen-bond donors (Lipinski definition) is 2. The number of aromatic nitrogens is 5. The summed E-state index contributed by atoms with van der Waals surface area (Å²) >= 11 is 0. The molecule has 2 aromatic heterocycles. The van der Waals surface area contributed by atoms with Crippen molar-refractivity contribution < 1.29 is 22.6 Å². The van der Waals surface area contributed by atoms with Crippen LogP contribution in [0.1, 0.15) is 27.3 Å². The molecule has 2 heterocycles. The molecule has 1 aromatic carbocycles. The van der Waals surface area contributed by atoms with Gasteiger partial charge in [-0.1, -0.05) is 17.3 Å². The Morgan fingerprint density at radius 3 is 2.59 bits per heavy atom. The number of alkyl halides is 3. The number of nitrogens with one attached hydrogen (secondary N) is 1. The second-order valence-electron chi connectivity index (χ2n) is 5.23. The first-order valence-corrected chi connectivity index (χ1v) is 7.28. The number of aryl methyl sites for hydroxylation is 1. The van der Waals surface area contributed by atoms with Crippen molar-refractivity contribution in [3.05, 3.63) is 46.8 Å². The molecular formula is C14H11F3N8O2. The molecule has 0 unspecified atom stereocenters. The lowest BCUT2D eigenvalue weighted by atomic mass is 10.1. The molecule has 1 amide bonds. The minimum atomic E-state index is -4.43. The van der Waals surface area contributed by atoms with Crippen molar-refractivity contribution in [3.63, 3.8) is 0 Å². The van der Waals surface area contributed by atoms with E-state index in [-0.39, 0.29) is 23.0 Å². The summed E-state index contributed by atoms with van der Waals surface area (Å²) in [6, 6.07) is 4.26. The predicted octanol–water partition coefficient (Wildman–Crippen LogP) is 1.32. The van der Waals surface area contributed by atoms with Crippen molar-refractivity contribution >= 4 is 17.9 Å². The monoisotopic (exact) mass is 380 g/mol. The van der Waals surface area contributed by atoms with Gasteiger partial charge in [0.05, 0.1) is 17.5 Å². The Balaban J connectivity index is 1.74. The van der Waals surface area contributed by atoms with Crippen LogP contribution in [0.2, 0.25) is 0 Å². The fraction of sp³-hybridized carbons (Fsp3) is 0.143. The van der Waals surface area contributed by atoms with Crippen LogP contribution in [0, 0.1) is 6.92 Å². The van der Waals surface area contributed by atoms with Gasteiger partial charge in [-0.25, -0.2) is 10.1 Å². The summed E-state index contributed by atoms with van der Waals surface area (Å²) in [6.45, 7) is 1.53. The number of carbonyl (C=O) groups excluding carboxylic acids is 1. The van der Waals surface area contributed by atoms with E-state index in [1.165, 1.54) is 25.3 Å². The fourth-order valence-corrected chi connectivity index (χ4v) is 2.08. The van der Waals surface area contributed by atoms with Gasteiger partial charge in [0.15, 0.2) is 5.69 Å². The number of rotatable bonds is 4. The molecular weight excluding hydrogens is 369 g/mol. The Morgan fingerprint density at radius 1 is 1.30 bits per heavy atom. The molecule has 3 rings (SSSR count). The summed E-state index contributed by atoms with van der Waals surface area (Å²) in [5, 5.41) is 18.1. The number of hydrogen-bond acceptors (Lipinski definition) is 8. The molecule has 0 aliphatic carbocycles. The topological polar surface area (TPSA) is 137 Å². The van der Waals surface area contributed by atoms with Crippen LogP contribution in [0.25, 0.3) is 5.82 Å². The molecule has 0 saturated heterocycles. The smallest absolute Gasteiger partial charge is 0.378 e. The highest BCUT2D eigenvalue weighted by Gasteiger charge is 2.29. The van der Waals surface area contributed by atoms with Crippen LogP contribution in [-0.4, -0.2) is 37.4 Å². The molecule has 0 fully saturated rings. The lowest BCUT2D eigenvalue weighted by Crippen LogP contribution is -2.22. The molecule has 140 valence electrons. The van der Waals surface area contributed by atoms with E-state index in [2.05, 4.69) is 35.8 Å². The van der Waals surface area contributed by atoms with Crippen LogP contribution >= 0.6 is 0 Å². The standard InChI is InChI=1S/C14H11F3N8O2/c1-7-10(25(24-20-7)12-11(18)22-27-23-12)13(26)21-19-6-8-2-4-9(5-3-8)14(15,16)17/h2-6H,1H3,(H2,18,22)(H,21,26)/b19-6+. The average molecular weight is 380 g/mol. The van der Waals surface area contributed by atoms with Gasteiger partial charge in [0.1, 0.15) is 0 Å².